The molecule has 1 aliphatic rings. The standard InChI is InChI=1S/C15H13F3N2O2/c16-15(17,18)22-14-4-11(9-21)3-12(5-14)13-6-19-20(8-13)7-10-1-2-10/h3-6,8-10H,1-2,7H2. The van der Waals surface area contributed by atoms with Crippen LogP contribution in [0.2, 0.25) is 0 Å². The lowest BCUT2D eigenvalue weighted by Crippen LogP contribution is -2.17. The Morgan fingerprint density at radius 1 is 1.27 bits per heavy atom. The molecule has 0 N–H and O–H groups in total. The lowest BCUT2D eigenvalue weighted by molar-refractivity contribution is -0.274. The molecule has 0 atom stereocenters. The van der Waals surface area contributed by atoms with Crippen molar-refractivity contribution in [1.29, 1.82) is 0 Å². The molecule has 1 aromatic heterocycles. The molecule has 7 heteroatoms. The highest BCUT2D eigenvalue weighted by Gasteiger charge is 2.31. The van der Waals surface area contributed by atoms with E-state index in [1.165, 1.54) is 25.0 Å². The number of ether oxygens (including phenoxy) is 1. The Morgan fingerprint density at radius 2 is 2.05 bits per heavy atom. The van der Waals surface area contributed by atoms with Gasteiger partial charge in [-0.05, 0) is 42.5 Å². The lowest BCUT2D eigenvalue weighted by Gasteiger charge is -2.10. The number of halogens is 3. The molecule has 1 fully saturated rings. The van der Waals surface area contributed by atoms with Crippen LogP contribution in [0.25, 0.3) is 11.1 Å². The number of alkyl halides is 3. The zero-order valence-electron chi connectivity index (χ0n) is 11.5. The molecule has 3 rings (SSSR count). The van der Waals surface area contributed by atoms with E-state index in [4.69, 9.17) is 0 Å². The maximum absolute atomic E-state index is 12.3. The van der Waals surface area contributed by atoms with Crippen molar-refractivity contribution in [2.75, 3.05) is 0 Å². The van der Waals surface area contributed by atoms with Crippen LogP contribution in [0.5, 0.6) is 5.75 Å². The van der Waals surface area contributed by atoms with Gasteiger partial charge in [0.1, 0.15) is 12.0 Å². The van der Waals surface area contributed by atoms with Crippen molar-refractivity contribution >= 4 is 6.29 Å². The van der Waals surface area contributed by atoms with E-state index in [0.717, 1.165) is 12.6 Å². The summed E-state index contributed by atoms with van der Waals surface area (Å²) in [6.45, 7) is 0.805. The Morgan fingerprint density at radius 3 is 2.68 bits per heavy atom. The highest BCUT2D eigenvalue weighted by molar-refractivity contribution is 5.80. The summed E-state index contributed by atoms with van der Waals surface area (Å²) >= 11 is 0. The normalized spacial score (nSPS) is 14.9. The lowest BCUT2D eigenvalue weighted by atomic mass is 10.1. The fourth-order valence-electron chi connectivity index (χ4n) is 2.23. The number of hydrogen-bond donors (Lipinski definition) is 0. The molecule has 0 bridgehead atoms. The highest BCUT2D eigenvalue weighted by atomic mass is 19.4. The third kappa shape index (κ3) is 3.66. The maximum atomic E-state index is 12.3. The molecule has 0 saturated heterocycles. The first-order chi connectivity index (χ1) is 10.4. The summed E-state index contributed by atoms with van der Waals surface area (Å²) in [5.41, 5.74) is 1.23. The van der Waals surface area contributed by atoms with E-state index in [1.54, 1.807) is 17.1 Å². The Kier molecular flexibility index (Phi) is 3.64. The smallest absolute Gasteiger partial charge is 0.406 e. The van der Waals surface area contributed by atoms with Crippen molar-refractivity contribution < 1.29 is 22.7 Å². The zero-order chi connectivity index (χ0) is 15.7. The van der Waals surface area contributed by atoms with E-state index in [-0.39, 0.29) is 5.56 Å². The van der Waals surface area contributed by atoms with Gasteiger partial charge in [0.2, 0.25) is 0 Å². The second kappa shape index (κ2) is 5.47. The van der Waals surface area contributed by atoms with Gasteiger partial charge in [0, 0.05) is 23.9 Å². The largest absolute Gasteiger partial charge is 0.573 e. The van der Waals surface area contributed by atoms with Gasteiger partial charge in [-0.15, -0.1) is 13.2 Å². The number of aromatic nitrogens is 2. The van der Waals surface area contributed by atoms with E-state index >= 15 is 0 Å². The van der Waals surface area contributed by atoms with Gasteiger partial charge >= 0.3 is 6.36 Å². The first-order valence-electron chi connectivity index (χ1n) is 6.82. The van der Waals surface area contributed by atoms with Crippen molar-refractivity contribution in [1.82, 2.24) is 9.78 Å². The molecule has 0 amide bonds. The molecule has 0 radical (unpaired) electrons. The van der Waals surface area contributed by atoms with Gasteiger partial charge < -0.3 is 4.74 Å². The van der Waals surface area contributed by atoms with Gasteiger partial charge in [-0.3, -0.25) is 9.48 Å². The summed E-state index contributed by atoms with van der Waals surface area (Å²) < 4.78 is 42.7. The molecule has 116 valence electrons. The van der Waals surface area contributed by atoms with Gasteiger partial charge in [-0.2, -0.15) is 5.10 Å². The Bertz CT molecular complexity index is 690. The van der Waals surface area contributed by atoms with Crippen molar-refractivity contribution in [3.63, 3.8) is 0 Å². The Labute approximate surface area is 124 Å². The zero-order valence-corrected chi connectivity index (χ0v) is 11.5. The molecule has 22 heavy (non-hydrogen) atoms. The summed E-state index contributed by atoms with van der Waals surface area (Å²) in [6, 6.07) is 3.81. The fraction of sp³-hybridized carbons (Fsp3) is 0.333. The van der Waals surface area contributed by atoms with Crippen LogP contribution in [-0.4, -0.2) is 22.4 Å². The third-order valence-corrected chi connectivity index (χ3v) is 3.41. The summed E-state index contributed by atoms with van der Waals surface area (Å²) in [6.07, 6.45) is 1.39. The van der Waals surface area contributed by atoms with Crippen LogP contribution < -0.4 is 4.74 Å². The molecular formula is C15H13F3N2O2. The molecule has 2 aromatic rings. The predicted molar refractivity (Wildman–Crippen MR) is 72.5 cm³/mol. The first kappa shape index (κ1) is 14.6. The quantitative estimate of drug-likeness (QED) is 0.791. The van der Waals surface area contributed by atoms with E-state index < -0.39 is 12.1 Å². The number of hydrogen-bond acceptors (Lipinski definition) is 3. The van der Waals surface area contributed by atoms with Crippen LogP contribution >= 0.6 is 0 Å². The average Bonchev–Trinajstić information content (AvgIpc) is 3.12. The van der Waals surface area contributed by atoms with E-state index in [0.29, 0.717) is 23.3 Å². The van der Waals surface area contributed by atoms with Crippen molar-refractivity contribution in [3.05, 3.63) is 36.2 Å². The van der Waals surface area contributed by atoms with Gasteiger partial charge in [0.25, 0.3) is 0 Å². The number of nitrogens with zero attached hydrogens (tertiary/aromatic N) is 2. The van der Waals surface area contributed by atoms with Crippen LogP contribution in [0.4, 0.5) is 13.2 Å². The minimum atomic E-state index is -4.80. The van der Waals surface area contributed by atoms with E-state index in [2.05, 4.69) is 9.84 Å². The number of carbonyl (C=O) groups excluding carboxylic acids is 1. The average molecular weight is 310 g/mol. The fourth-order valence-corrected chi connectivity index (χ4v) is 2.23. The summed E-state index contributed by atoms with van der Waals surface area (Å²) in [5.74, 6) is 0.222. The summed E-state index contributed by atoms with van der Waals surface area (Å²) in [5, 5.41) is 4.20. The Balaban J connectivity index is 1.89. The van der Waals surface area contributed by atoms with Crippen LogP contribution in [0.3, 0.4) is 0 Å². The van der Waals surface area contributed by atoms with Gasteiger partial charge in [-0.25, -0.2) is 0 Å². The predicted octanol–water partition coefficient (Wildman–Crippen LogP) is 3.67. The molecule has 4 nitrogen and oxygen atoms in total. The van der Waals surface area contributed by atoms with Crippen LogP contribution in [0.1, 0.15) is 23.2 Å². The molecule has 0 spiro atoms. The second-order valence-electron chi connectivity index (χ2n) is 5.35. The maximum Gasteiger partial charge on any atom is 0.573 e. The van der Waals surface area contributed by atoms with Crippen LogP contribution in [0, 0.1) is 5.92 Å². The van der Waals surface area contributed by atoms with Gasteiger partial charge in [0.15, 0.2) is 0 Å². The molecule has 0 aliphatic heterocycles. The molecule has 0 unspecified atom stereocenters. The minimum absolute atomic E-state index is 0.117. The Hall–Kier alpha value is -2.31. The molecule has 1 aliphatic carbocycles. The minimum Gasteiger partial charge on any atom is -0.406 e. The topological polar surface area (TPSA) is 44.1 Å². The number of aldehydes is 1. The van der Waals surface area contributed by atoms with Crippen LogP contribution in [-0.2, 0) is 6.54 Å². The molecular weight excluding hydrogens is 297 g/mol. The van der Waals surface area contributed by atoms with Gasteiger partial charge in [0.05, 0.1) is 6.20 Å². The van der Waals surface area contributed by atoms with Gasteiger partial charge in [-0.1, -0.05) is 0 Å². The molecule has 1 aromatic carbocycles. The monoisotopic (exact) mass is 310 g/mol. The SMILES string of the molecule is O=Cc1cc(OC(F)(F)F)cc(-c2cnn(CC3CC3)c2)c1. The number of carbonyl (C=O) groups is 1. The first-order valence-corrected chi connectivity index (χ1v) is 6.82. The van der Waals surface area contributed by atoms with Crippen molar-refractivity contribution in [2.45, 2.75) is 25.7 Å². The van der Waals surface area contributed by atoms with Crippen LogP contribution in [0.15, 0.2) is 30.6 Å². The van der Waals surface area contributed by atoms with Crippen molar-refractivity contribution in [3.8, 4) is 16.9 Å². The van der Waals surface area contributed by atoms with E-state index in [9.17, 15) is 18.0 Å². The highest BCUT2D eigenvalue weighted by Crippen LogP contribution is 2.32. The van der Waals surface area contributed by atoms with Crippen molar-refractivity contribution in [2.24, 2.45) is 5.92 Å². The third-order valence-electron chi connectivity index (χ3n) is 3.41. The van der Waals surface area contributed by atoms with E-state index in [1.807, 2.05) is 0 Å². The number of rotatable bonds is 5. The molecule has 1 saturated carbocycles. The molecule has 1 heterocycles. The number of benzene rings is 1. The summed E-state index contributed by atoms with van der Waals surface area (Å²) in [7, 11) is 0. The summed E-state index contributed by atoms with van der Waals surface area (Å²) in [4.78, 5) is 10.9. The second-order valence-corrected chi connectivity index (χ2v) is 5.35.